The third-order valence-corrected chi connectivity index (χ3v) is 4.96. The minimum Gasteiger partial charge on any atom is -0.462 e. The first-order valence-electron chi connectivity index (χ1n) is 8.40. The van der Waals surface area contributed by atoms with Gasteiger partial charge >= 0.3 is 5.97 Å². The van der Waals surface area contributed by atoms with Crippen LogP contribution in [0.15, 0.2) is 28.9 Å². The highest BCUT2D eigenvalue weighted by Gasteiger charge is 2.30. The number of benzene rings is 1. The van der Waals surface area contributed by atoms with E-state index in [4.69, 9.17) is 15.2 Å². The van der Waals surface area contributed by atoms with Crippen molar-refractivity contribution in [2.24, 2.45) is 5.92 Å². The van der Waals surface area contributed by atoms with Crippen LogP contribution in [-0.2, 0) is 9.47 Å². The molecule has 2 heterocycles. The number of nitrogens with two attached hydrogens (primary N) is 1. The summed E-state index contributed by atoms with van der Waals surface area (Å²) >= 11 is 3.43. The summed E-state index contributed by atoms with van der Waals surface area (Å²) < 4.78 is 13.6. The second-order valence-corrected chi connectivity index (χ2v) is 7.13. The highest BCUT2D eigenvalue weighted by atomic mass is 79.9. The second-order valence-electron chi connectivity index (χ2n) is 6.21. The number of aromatic nitrogens is 2. The highest BCUT2D eigenvalue weighted by molar-refractivity contribution is 9.10. The minimum absolute atomic E-state index is 0.148. The monoisotopic (exact) mass is 407 g/mol. The molecule has 2 atom stereocenters. The lowest BCUT2D eigenvalue weighted by atomic mass is 9.96. The molecule has 2 aromatic rings. The predicted molar refractivity (Wildman–Crippen MR) is 99.4 cm³/mol. The van der Waals surface area contributed by atoms with Crippen molar-refractivity contribution in [3.8, 4) is 11.3 Å². The molecule has 3 rings (SSSR count). The van der Waals surface area contributed by atoms with E-state index < -0.39 is 0 Å². The smallest absolute Gasteiger partial charge is 0.341 e. The van der Waals surface area contributed by atoms with E-state index in [0.717, 1.165) is 16.5 Å². The maximum Gasteiger partial charge on any atom is 0.341 e. The molecular formula is C18H22BrN3O3. The molecule has 6 nitrogen and oxygen atoms in total. The summed E-state index contributed by atoms with van der Waals surface area (Å²) in [7, 11) is 0. The van der Waals surface area contributed by atoms with E-state index in [1.54, 1.807) is 13.1 Å². The maximum absolute atomic E-state index is 12.4. The van der Waals surface area contributed by atoms with Crippen molar-refractivity contribution in [2.45, 2.75) is 26.3 Å². The van der Waals surface area contributed by atoms with Crippen LogP contribution < -0.4 is 5.73 Å². The number of nitrogens with zero attached hydrogens (tertiary/aromatic N) is 2. The van der Waals surface area contributed by atoms with E-state index in [1.165, 1.54) is 0 Å². The number of rotatable bonds is 4. The van der Waals surface area contributed by atoms with E-state index in [9.17, 15) is 4.79 Å². The van der Waals surface area contributed by atoms with E-state index in [1.807, 2.05) is 22.9 Å². The Balaban J connectivity index is 2.14. The largest absolute Gasteiger partial charge is 0.462 e. The van der Waals surface area contributed by atoms with Crippen molar-refractivity contribution in [3.05, 3.63) is 34.4 Å². The Morgan fingerprint density at radius 1 is 1.52 bits per heavy atom. The first-order chi connectivity index (χ1) is 12.0. The summed E-state index contributed by atoms with van der Waals surface area (Å²) in [6.45, 7) is 5.58. The van der Waals surface area contributed by atoms with Gasteiger partial charge in [-0.15, -0.1) is 0 Å². The van der Waals surface area contributed by atoms with Crippen LogP contribution in [0.2, 0.25) is 0 Å². The third-order valence-electron chi connectivity index (χ3n) is 4.47. The number of hydrogen-bond acceptors (Lipinski definition) is 5. The van der Waals surface area contributed by atoms with Gasteiger partial charge in [0, 0.05) is 28.2 Å². The van der Waals surface area contributed by atoms with Gasteiger partial charge in [-0.1, -0.05) is 22.9 Å². The van der Waals surface area contributed by atoms with Gasteiger partial charge in [0.05, 0.1) is 31.1 Å². The fourth-order valence-electron chi connectivity index (χ4n) is 3.22. The maximum atomic E-state index is 12.4. The summed E-state index contributed by atoms with van der Waals surface area (Å²) in [6.07, 6.45) is 2.42. The lowest BCUT2D eigenvalue weighted by molar-refractivity contribution is 0.0255. The molecule has 2 N–H and O–H groups in total. The summed E-state index contributed by atoms with van der Waals surface area (Å²) in [5, 5.41) is 4.53. The standard InChI is InChI=1S/C18H22BrN3O3/c1-3-25-18(23)14-9-21-22(16-6-7-24-10-11(16)2)17(14)13-5-4-12(19)8-15(13)20/h4-5,8-9,11,16H,3,6-7,10,20H2,1-2H3. The van der Waals surface area contributed by atoms with Crippen LogP contribution in [0.4, 0.5) is 5.69 Å². The normalized spacial score (nSPS) is 20.4. The minimum atomic E-state index is -0.384. The Kier molecular flexibility index (Phi) is 5.44. The average molecular weight is 408 g/mol. The molecule has 2 unspecified atom stereocenters. The summed E-state index contributed by atoms with van der Waals surface area (Å²) in [5.74, 6) is -0.0927. The molecule has 0 radical (unpaired) electrons. The fraction of sp³-hybridized carbons (Fsp3) is 0.444. The van der Waals surface area contributed by atoms with Crippen molar-refractivity contribution in [2.75, 3.05) is 25.6 Å². The molecule has 0 bridgehead atoms. The van der Waals surface area contributed by atoms with Crippen LogP contribution >= 0.6 is 15.9 Å². The zero-order valence-electron chi connectivity index (χ0n) is 14.4. The molecule has 0 aliphatic carbocycles. The van der Waals surface area contributed by atoms with Gasteiger partial charge in [0.15, 0.2) is 0 Å². The lowest BCUT2D eigenvalue weighted by Gasteiger charge is -2.30. The number of anilines is 1. The van der Waals surface area contributed by atoms with E-state index >= 15 is 0 Å². The Hall–Kier alpha value is -1.86. The Morgan fingerprint density at radius 2 is 2.32 bits per heavy atom. The number of nitrogen functional groups attached to an aromatic ring is 1. The van der Waals surface area contributed by atoms with Gasteiger partial charge in [-0.2, -0.15) is 5.10 Å². The Bertz CT molecular complexity index is 775. The van der Waals surface area contributed by atoms with Crippen LogP contribution in [0.5, 0.6) is 0 Å². The van der Waals surface area contributed by atoms with Crippen molar-refractivity contribution < 1.29 is 14.3 Å². The fourth-order valence-corrected chi connectivity index (χ4v) is 3.60. The van der Waals surface area contributed by atoms with Gasteiger partial charge in [-0.25, -0.2) is 4.79 Å². The number of hydrogen-bond donors (Lipinski definition) is 1. The van der Waals surface area contributed by atoms with E-state index in [2.05, 4.69) is 28.0 Å². The zero-order chi connectivity index (χ0) is 18.0. The number of halogens is 1. The van der Waals surface area contributed by atoms with Gasteiger partial charge < -0.3 is 15.2 Å². The van der Waals surface area contributed by atoms with Crippen molar-refractivity contribution in [3.63, 3.8) is 0 Å². The van der Waals surface area contributed by atoms with E-state index in [0.29, 0.717) is 42.7 Å². The number of carbonyl (C=O) groups excluding carboxylic acids is 1. The SMILES string of the molecule is CCOC(=O)c1cnn(C2CCOCC2C)c1-c1ccc(Br)cc1N. The summed E-state index contributed by atoms with van der Waals surface area (Å²) in [4.78, 5) is 12.4. The van der Waals surface area contributed by atoms with Crippen molar-refractivity contribution >= 4 is 27.6 Å². The molecule has 0 amide bonds. The predicted octanol–water partition coefficient (Wildman–Crippen LogP) is 3.67. The van der Waals surface area contributed by atoms with Gasteiger partial charge in [0.1, 0.15) is 5.56 Å². The molecule has 1 aromatic carbocycles. The molecule has 1 aliphatic heterocycles. The van der Waals surface area contributed by atoms with Crippen LogP contribution in [0.1, 0.15) is 36.7 Å². The number of esters is 1. The molecule has 1 aromatic heterocycles. The van der Waals surface area contributed by atoms with Crippen LogP contribution in [-0.4, -0.2) is 35.6 Å². The van der Waals surface area contributed by atoms with Gasteiger partial charge in [-0.3, -0.25) is 4.68 Å². The van der Waals surface area contributed by atoms with Crippen LogP contribution in [0.25, 0.3) is 11.3 Å². The molecule has 1 fully saturated rings. The Morgan fingerprint density at radius 3 is 3.00 bits per heavy atom. The highest BCUT2D eigenvalue weighted by Crippen LogP contribution is 2.36. The van der Waals surface area contributed by atoms with Crippen LogP contribution in [0.3, 0.4) is 0 Å². The topological polar surface area (TPSA) is 79.4 Å². The third kappa shape index (κ3) is 3.57. The molecule has 0 saturated carbocycles. The quantitative estimate of drug-likeness (QED) is 0.617. The zero-order valence-corrected chi connectivity index (χ0v) is 16.0. The van der Waals surface area contributed by atoms with Crippen molar-refractivity contribution in [1.29, 1.82) is 0 Å². The molecule has 1 saturated heterocycles. The molecule has 1 aliphatic rings. The first-order valence-corrected chi connectivity index (χ1v) is 9.20. The summed E-state index contributed by atoms with van der Waals surface area (Å²) in [5.41, 5.74) is 8.76. The molecule has 25 heavy (non-hydrogen) atoms. The summed E-state index contributed by atoms with van der Waals surface area (Å²) in [6, 6.07) is 5.79. The first kappa shape index (κ1) is 17.9. The van der Waals surface area contributed by atoms with E-state index in [-0.39, 0.29) is 12.0 Å². The van der Waals surface area contributed by atoms with Crippen molar-refractivity contribution in [1.82, 2.24) is 9.78 Å². The molecule has 134 valence electrons. The molecule has 7 heteroatoms. The van der Waals surface area contributed by atoms with Crippen LogP contribution in [0, 0.1) is 5.92 Å². The Labute approximate surface area is 155 Å². The average Bonchev–Trinajstić information content (AvgIpc) is 3.00. The lowest BCUT2D eigenvalue weighted by Crippen LogP contribution is -2.29. The molecule has 0 spiro atoms. The van der Waals surface area contributed by atoms with Gasteiger partial charge in [-0.05, 0) is 31.5 Å². The number of carbonyl (C=O) groups is 1. The second kappa shape index (κ2) is 7.58. The molecular weight excluding hydrogens is 386 g/mol. The van der Waals surface area contributed by atoms with Gasteiger partial charge in [0.25, 0.3) is 0 Å². The number of ether oxygens (including phenoxy) is 2. The van der Waals surface area contributed by atoms with Gasteiger partial charge in [0.2, 0.25) is 0 Å².